The van der Waals surface area contributed by atoms with Crippen LogP contribution in [0.15, 0.2) is 48.5 Å². The van der Waals surface area contributed by atoms with E-state index in [1.165, 1.54) is 0 Å². The smallest absolute Gasteiger partial charge is 0.211 e. The summed E-state index contributed by atoms with van der Waals surface area (Å²) in [5.74, 6) is 2.16. The van der Waals surface area contributed by atoms with Gasteiger partial charge in [-0.15, -0.1) is 0 Å². The standard InChI is InChI=1S/C24H29N5O3S/c1-3-21-28-22-23(19-8-4-5-9-20(19)27-24(22)25)29(21)14-6-7-15-33(30,31)26-16-17-10-12-18(32-2)13-11-17/h4-5,8-13,26H,3,6-7,14-16H2,1-2H3,(H2,25,27). The van der Waals surface area contributed by atoms with Gasteiger partial charge >= 0.3 is 0 Å². The third-order valence-electron chi connectivity index (χ3n) is 5.71. The lowest BCUT2D eigenvalue weighted by Gasteiger charge is -2.11. The number of anilines is 1. The van der Waals surface area contributed by atoms with Crippen LogP contribution in [-0.4, -0.2) is 35.8 Å². The number of hydrogen-bond acceptors (Lipinski definition) is 6. The van der Waals surface area contributed by atoms with Gasteiger partial charge in [-0.05, 0) is 36.6 Å². The Balaban J connectivity index is 1.42. The number of nitrogens with one attached hydrogen (secondary N) is 1. The normalized spacial score (nSPS) is 11.9. The fourth-order valence-electron chi connectivity index (χ4n) is 3.99. The minimum absolute atomic E-state index is 0.0711. The maximum Gasteiger partial charge on any atom is 0.211 e. The summed E-state index contributed by atoms with van der Waals surface area (Å²) in [6.45, 7) is 2.98. The van der Waals surface area contributed by atoms with Gasteiger partial charge in [0, 0.05) is 24.9 Å². The maximum absolute atomic E-state index is 12.5. The van der Waals surface area contributed by atoms with Crippen molar-refractivity contribution in [2.45, 2.75) is 39.3 Å². The lowest BCUT2D eigenvalue weighted by atomic mass is 10.2. The molecule has 4 rings (SSSR count). The van der Waals surface area contributed by atoms with Gasteiger partial charge in [0.2, 0.25) is 10.0 Å². The van der Waals surface area contributed by atoms with Crippen LogP contribution >= 0.6 is 0 Å². The summed E-state index contributed by atoms with van der Waals surface area (Å²) >= 11 is 0. The second-order valence-corrected chi connectivity index (χ2v) is 9.87. The quantitative estimate of drug-likeness (QED) is 0.344. The predicted octanol–water partition coefficient (Wildman–Crippen LogP) is 3.64. The molecule has 0 aliphatic carbocycles. The fraction of sp³-hybridized carbons (Fsp3) is 0.333. The van der Waals surface area contributed by atoms with Gasteiger partial charge in [0.15, 0.2) is 5.82 Å². The maximum atomic E-state index is 12.5. The first kappa shape index (κ1) is 23.0. The van der Waals surface area contributed by atoms with Crippen molar-refractivity contribution >= 4 is 37.8 Å². The van der Waals surface area contributed by atoms with E-state index in [0.717, 1.165) is 40.0 Å². The zero-order valence-electron chi connectivity index (χ0n) is 18.9. The summed E-state index contributed by atoms with van der Waals surface area (Å²) in [7, 11) is -1.77. The van der Waals surface area contributed by atoms with Crippen LogP contribution in [0.2, 0.25) is 0 Å². The zero-order chi connectivity index (χ0) is 23.4. The van der Waals surface area contributed by atoms with Gasteiger partial charge in [-0.3, -0.25) is 0 Å². The van der Waals surface area contributed by atoms with E-state index in [-0.39, 0.29) is 12.3 Å². The number of pyridine rings is 1. The van der Waals surface area contributed by atoms with Crippen LogP contribution < -0.4 is 15.2 Å². The van der Waals surface area contributed by atoms with Gasteiger partial charge in [-0.25, -0.2) is 23.1 Å². The molecule has 8 nitrogen and oxygen atoms in total. The number of rotatable bonds is 10. The first-order valence-electron chi connectivity index (χ1n) is 11.1. The number of imidazole rings is 1. The van der Waals surface area contributed by atoms with E-state index < -0.39 is 10.0 Å². The molecule has 4 aromatic rings. The zero-order valence-corrected chi connectivity index (χ0v) is 19.7. The number of aromatic nitrogens is 3. The number of ether oxygens (including phenoxy) is 1. The number of nitrogen functional groups attached to an aromatic ring is 1. The van der Waals surface area contributed by atoms with Crippen molar-refractivity contribution in [3.63, 3.8) is 0 Å². The molecule has 0 atom stereocenters. The first-order chi connectivity index (χ1) is 15.9. The number of nitrogens with two attached hydrogens (primary N) is 1. The molecule has 2 aromatic heterocycles. The van der Waals surface area contributed by atoms with Crippen molar-refractivity contribution in [2.75, 3.05) is 18.6 Å². The van der Waals surface area contributed by atoms with Crippen molar-refractivity contribution < 1.29 is 13.2 Å². The monoisotopic (exact) mass is 467 g/mol. The average Bonchev–Trinajstić information content (AvgIpc) is 3.20. The second-order valence-electron chi connectivity index (χ2n) is 7.94. The third-order valence-corrected chi connectivity index (χ3v) is 7.12. The SMILES string of the molecule is CCc1nc2c(N)nc3ccccc3c2n1CCCCS(=O)(=O)NCc1ccc(OC)cc1. The summed E-state index contributed by atoms with van der Waals surface area (Å²) in [6.07, 6.45) is 2.00. The lowest BCUT2D eigenvalue weighted by molar-refractivity contribution is 0.414. The van der Waals surface area contributed by atoms with E-state index in [9.17, 15) is 8.42 Å². The summed E-state index contributed by atoms with van der Waals surface area (Å²) < 4.78 is 34.9. The van der Waals surface area contributed by atoms with Crippen molar-refractivity contribution in [3.8, 4) is 5.75 Å². The Morgan fingerprint density at radius 3 is 2.55 bits per heavy atom. The average molecular weight is 468 g/mol. The van der Waals surface area contributed by atoms with Gasteiger partial charge in [-0.2, -0.15) is 0 Å². The van der Waals surface area contributed by atoms with Crippen LogP contribution in [0, 0.1) is 0 Å². The molecule has 0 unspecified atom stereocenters. The van der Waals surface area contributed by atoms with Gasteiger partial charge < -0.3 is 15.0 Å². The molecule has 0 fully saturated rings. The highest BCUT2D eigenvalue weighted by molar-refractivity contribution is 7.89. The van der Waals surface area contributed by atoms with E-state index in [1.54, 1.807) is 7.11 Å². The Labute approximate surface area is 193 Å². The Kier molecular flexibility index (Phi) is 6.80. The lowest BCUT2D eigenvalue weighted by Crippen LogP contribution is -2.26. The fourth-order valence-corrected chi connectivity index (χ4v) is 5.10. The molecule has 3 N–H and O–H groups in total. The second kappa shape index (κ2) is 9.76. The van der Waals surface area contributed by atoms with Crippen LogP contribution in [-0.2, 0) is 29.5 Å². The Morgan fingerprint density at radius 2 is 1.82 bits per heavy atom. The Bertz CT molecular complexity index is 1360. The summed E-state index contributed by atoms with van der Waals surface area (Å²) in [5.41, 5.74) is 9.58. The van der Waals surface area contributed by atoms with E-state index >= 15 is 0 Å². The van der Waals surface area contributed by atoms with Crippen LogP contribution in [0.3, 0.4) is 0 Å². The minimum Gasteiger partial charge on any atom is -0.497 e. The summed E-state index contributed by atoms with van der Waals surface area (Å²) in [6, 6.07) is 15.2. The van der Waals surface area contributed by atoms with Crippen molar-refractivity contribution in [1.82, 2.24) is 19.3 Å². The highest BCUT2D eigenvalue weighted by Crippen LogP contribution is 2.29. The van der Waals surface area contributed by atoms with Gasteiger partial charge in [-0.1, -0.05) is 37.3 Å². The number of nitrogens with zero attached hydrogens (tertiary/aromatic N) is 3. The molecule has 0 spiro atoms. The number of para-hydroxylation sites is 1. The molecule has 0 aliphatic rings. The molecule has 33 heavy (non-hydrogen) atoms. The number of unbranched alkanes of at least 4 members (excludes halogenated alkanes) is 1. The van der Waals surface area contributed by atoms with E-state index in [1.807, 2.05) is 48.5 Å². The number of hydrogen-bond donors (Lipinski definition) is 2. The molecule has 0 bridgehead atoms. The molecule has 0 radical (unpaired) electrons. The molecular formula is C24H29N5O3S. The molecule has 0 saturated heterocycles. The molecule has 2 heterocycles. The number of methoxy groups -OCH3 is 1. The van der Waals surface area contributed by atoms with Gasteiger partial charge in [0.25, 0.3) is 0 Å². The molecule has 0 saturated carbocycles. The molecular weight excluding hydrogens is 438 g/mol. The number of benzene rings is 2. The minimum atomic E-state index is -3.37. The van der Waals surface area contributed by atoms with Gasteiger partial charge in [0.05, 0.1) is 23.9 Å². The number of fused-ring (bicyclic) bond motifs is 3. The Hall–Kier alpha value is -3.17. The molecule has 0 aliphatic heterocycles. The summed E-state index contributed by atoms with van der Waals surface area (Å²) in [4.78, 5) is 9.20. The number of sulfonamides is 1. The van der Waals surface area contributed by atoms with Crippen LogP contribution in [0.5, 0.6) is 5.75 Å². The van der Waals surface area contributed by atoms with E-state index in [4.69, 9.17) is 15.5 Å². The molecule has 2 aromatic carbocycles. The Morgan fingerprint density at radius 1 is 1.06 bits per heavy atom. The molecule has 0 amide bonds. The van der Waals surface area contributed by atoms with Crippen molar-refractivity contribution in [3.05, 3.63) is 59.9 Å². The number of aryl methyl sites for hydroxylation is 2. The molecule has 9 heteroatoms. The van der Waals surface area contributed by atoms with Crippen LogP contribution in [0.25, 0.3) is 21.9 Å². The first-order valence-corrected chi connectivity index (χ1v) is 12.7. The van der Waals surface area contributed by atoms with Crippen molar-refractivity contribution in [2.24, 2.45) is 0 Å². The summed E-state index contributed by atoms with van der Waals surface area (Å²) in [5, 5.41) is 1.00. The predicted molar refractivity (Wildman–Crippen MR) is 132 cm³/mol. The molecule has 174 valence electrons. The third kappa shape index (κ3) is 5.09. The van der Waals surface area contributed by atoms with Crippen LogP contribution in [0.4, 0.5) is 5.82 Å². The van der Waals surface area contributed by atoms with E-state index in [2.05, 4.69) is 21.2 Å². The van der Waals surface area contributed by atoms with Gasteiger partial charge in [0.1, 0.15) is 17.1 Å². The highest BCUT2D eigenvalue weighted by atomic mass is 32.2. The highest BCUT2D eigenvalue weighted by Gasteiger charge is 2.17. The van der Waals surface area contributed by atoms with Crippen molar-refractivity contribution in [1.29, 1.82) is 0 Å². The largest absolute Gasteiger partial charge is 0.497 e. The topological polar surface area (TPSA) is 112 Å². The van der Waals surface area contributed by atoms with E-state index in [0.29, 0.717) is 30.7 Å². The van der Waals surface area contributed by atoms with Crippen LogP contribution in [0.1, 0.15) is 31.2 Å².